The van der Waals surface area contributed by atoms with Gasteiger partial charge in [-0.2, -0.15) is 11.4 Å². The van der Waals surface area contributed by atoms with Gasteiger partial charge in [-0.05, 0) is 86.6 Å². The summed E-state index contributed by atoms with van der Waals surface area (Å²) in [5.41, 5.74) is 5.64. The molecule has 0 aliphatic heterocycles. The van der Waals surface area contributed by atoms with Gasteiger partial charge in [0.25, 0.3) is 0 Å². The van der Waals surface area contributed by atoms with Crippen molar-refractivity contribution in [3.05, 3.63) is 78.5 Å². The van der Waals surface area contributed by atoms with E-state index in [1.165, 1.54) is 49.7 Å². The zero-order valence-electron chi connectivity index (χ0n) is 30.3. The average Bonchev–Trinajstić information content (AvgIpc) is 3.97. The van der Waals surface area contributed by atoms with Crippen molar-refractivity contribution in [2.24, 2.45) is 17.1 Å². The molecule has 1 aromatic heterocycles. The van der Waals surface area contributed by atoms with Gasteiger partial charge in [0.2, 0.25) is 17.7 Å². The molecule has 1 heterocycles. The van der Waals surface area contributed by atoms with Gasteiger partial charge in [-0.25, -0.2) is 8.78 Å². The van der Waals surface area contributed by atoms with E-state index in [1.54, 1.807) is 18.2 Å². The number of aliphatic hydroxyl groups is 1. The van der Waals surface area contributed by atoms with Gasteiger partial charge >= 0.3 is 0 Å². The van der Waals surface area contributed by atoms with Gasteiger partial charge in [0.05, 0.1) is 36.1 Å². The molecule has 288 valence electrons. The predicted molar refractivity (Wildman–Crippen MR) is 207 cm³/mol. The highest BCUT2D eigenvalue weighted by atomic mass is 32.1. The fraction of sp³-hybridized carbons (Fsp3) is 0.359. The molecule has 0 unspecified atom stereocenters. The van der Waals surface area contributed by atoms with Gasteiger partial charge in [-0.1, -0.05) is 13.8 Å². The highest BCUT2D eigenvalue weighted by Crippen LogP contribution is 2.47. The molecule has 1 aliphatic carbocycles. The molecule has 4 aromatic rings. The van der Waals surface area contributed by atoms with Crippen molar-refractivity contribution in [2.45, 2.75) is 52.0 Å². The Hall–Kier alpha value is -5.12. The van der Waals surface area contributed by atoms with Crippen LogP contribution in [0.25, 0.3) is 10.9 Å². The van der Waals surface area contributed by atoms with Gasteiger partial charge in [-0.15, -0.1) is 0 Å². The monoisotopic (exact) mass is 765 g/mol. The van der Waals surface area contributed by atoms with E-state index in [-0.39, 0.29) is 34.1 Å². The number of rotatable bonds is 18. The van der Waals surface area contributed by atoms with Crippen molar-refractivity contribution in [2.75, 3.05) is 36.6 Å². The van der Waals surface area contributed by atoms with Crippen LogP contribution in [0.15, 0.2) is 66.9 Å². The number of hydrogen-bond donors (Lipinski definition) is 6. The molecule has 6 N–H and O–H groups in total. The molecule has 1 aliphatic rings. The maximum Gasteiger partial charge on any atom is 0.240 e. The summed E-state index contributed by atoms with van der Waals surface area (Å²) in [6.07, 6.45) is 4.46. The number of nitrogens with one attached hydrogen (secondary N) is 3. The molecule has 54 heavy (non-hydrogen) atoms. The number of anilines is 2. The third-order valence-corrected chi connectivity index (χ3v) is 9.99. The Morgan fingerprint density at radius 1 is 0.907 bits per heavy atom. The number of pyridine rings is 1. The SMILES string of the molecule is COc1cc2c(Oc3ccc(NC(=O)C4(C(=O)Nc5ccc(F)cc5)CC4)cc3F)ccnc2cc1OCCCCCNC(=O)C[SH]=C(O)[C@@H](N)C(C)C. The highest BCUT2D eigenvalue weighted by Gasteiger charge is 2.56. The molecule has 15 heteroatoms. The van der Waals surface area contributed by atoms with Crippen molar-refractivity contribution in [3.63, 3.8) is 0 Å². The number of thiol groups is 1. The first-order valence-electron chi connectivity index (χ1n) is 17.6. The van der Waals surface area contributed by atoms with Gasteiger partial charge in [0.1, 0.15) is 17.0 Å². The van der Waals surface area contributed by atoms with E-state index >= 15 is 4.39 Å². The molecule has 5 rings (SSSR count). The van der Waals surface area contributed by atoms with Gasteiger partial charge in [0, 0.05) is 41.6 Å². The molecule has 1 fully saturated rings. The zero-order valence-corrected chi connectivity index (χ0v) is 31.2. The first-order chi connectivity index (χ1) is 25.9. The third kappa shape index (κ3) is 10.3. The Morgan fingerprint density at radius 2 is 1.61 bits per heavy atom. The number of halogens is 2. The topological polar surface area (TPSA) is 174 Å². The third-order valence-electron chi connectivity index (χ3n) is 8.92. The second-order valence-corrected chi connectivity index (χ2v) is 14.4. The van der Waals surface area contributed by atoms with Crippen LogP contribution in [0.2, 0.25) is 0 Å². The summed E-state index contributed by atoms with van der Waals surface area (Å²) in [4.78, 5) is 42.5. The first-order valence-corrected chi connectivity index (χ1v) is 18.7. The Kier molecular flexibility index (Phi) is 13.6. The number of hydrogen-bond acceptors (Lipinski definition) is 8. The molecule has 0 spiro atoms. The molecule has 1 atom stereocenters. The number of aromatic nitrogens is 1. The van der Waals surface area contributed by atoms with Crippen molar-refractivity contribution in [3.8, 4) is 23.0 Å². The van der Waals surface area contributed by atoms with E-state index < -0.39 is 34.9 Å². The van der Waals surface area contributed by atoms with E-state index in [4.69, 9.17) is 19.9 Å². The molecule has 3 amide bonds. The molecule has 1 saturated carbocycles. The number of nitrogens with two attached hydrogens (primary N) is 1. The number of carbonyl (C=O) groups excluding carboxylic acids is 3. The lowest BCUT2D eigenvalue weighted by molar-refractivity contribution is -0.131. The van der Waals surface area contributed by atoms with E-state index in [0.717, 1.165) is 25.3 Å². The lowest BCUT2D eigenvalue weighted by Gasteiger charge is -2.16. The number of unbranched alkanes of at least 4 members (excludes halogenated alkanes) is 2. The molecular formula is C39H45F2N5O7S. The second kappa shape index (κ2) is 18.3. The lowest BCUT2D eigenvalue weighted by Crippen LogP contribution is -2.35. The number of amides is 3. The number of carbonyl (C=O) groups is 3. The van der Waals surface area contributed by atoms with Crippen LogP contribution in [-0.4, -0.2) is 64.9 Å². The maximum absolute atomic E-state index is 15.3. The normalized spacial score (nSPS) is 14.1. The van der Waals surface area contributed by atoms with E-state index in [0.29, 0.717) is 71.2 Å². The second-order valence-electron chi connectivity index (χ2n) is 13.3. The minimum atomic E-state index is -1.30. The number of benzene rings is 3. The van der Waals surface area contributed by atoms with E-state index in [9.17, 15) is 23.9 Å². The Morgan fingerprint density at radius 3 is 2.28 bits per heavy atom. The summed E-state index contributed by atoms with van der Waals surface area (Å²) < 4.78 is 46.1. The van der Waals surface area contributed by atoms with Crippen molar-refractivity contribution < 1.29 is 42.5 Å². The Labute approximate surface area is 315 Å². The fourth-order valence-electron chi connectivity index (χ4n) is 5.41. The van der Waals surface area contributed by atoms with Crippen LogP contribution < -0.4 is 35.9 Å². The van der Waals surface area contributed by atoms with Crippen LogP contribution in [-0.2, 0) is 14.4 Å². The van der Waals surface area contributed by atoms with Crippen LogP contribution in [0.4, 0.5) is 20.2 Å². The van der Waals surface area contributed by atoms with E-state index in [1.807, 2.05) is 13.8 Å². The van der Waals surface area contributed by atoms with Crippen LogP contribution in [0.3, 0.4) is 0 Å². The average molecular weight is 766 g/mol. The lowest BCUT2D eigenvalue weighted by atomic mass is 10.0. The summed E-state index contributed by atoms with van der Waals surface area (Å²) in [5, 5.41) is 18.8. The molecule has 0 saturated heterocycles. The summed E-state index contributed by atoms with van der Waals surface area (Å²) in [6, 6.07) is 13.7. The Balaban J connectivity index is 1.12. The van der Waals surface area contributed by atoms with Crippen molar-refractivity contribution in [1.29, 1.82) is 0 Å². The predicted octanol–water partition coefficient (Wildman–Crippen LogP) is 6.47. The number of aliphatic hydroxyl groups excluding tert-OH is 1. The highest BCUT2D eigenvalue weighted by molar-refractivity contribution is 7.99. The summed E-state index contributed by atoms with van der Waals surface area (Å²) >= 11 is 0.511. The molecule has 0 radical (unpaired) electrons. The number of methoxy groups -OCH3 is 1. The van der Waals surface area contributed by atoms with Crippen LogP contribution in [0.1, 0.15) is 46.0 Å². The number of ether oxygens (including phenoxy) is 3. The van der Waals surface area contributed by atoms with Crippen molar-refractivity contribution in [1.82, 2.24) is 10.3 Å². The largest absolute Gasteiger partial charge is 0.493 e. The van der Waals surface area contributed by atoms with Gasteiger partial charge in [-0.3, -0.25) is 19.4 Å². The van der Waals surface area contributed by atoms with Gasteiger partial charge < -0.3 is 41.0 Å². The molecule has 0 bridgehead atoms. The smallest absolute Gasteiger partial charge is 0.240 e. The van der Waals surface area contributed by atoms with Crippen LogP contribution in [0, 0.1) is 23.0 Å². The standard InChI is InChI=1S/C39H45F2N5O7S/c1-23(2)35(42)36(48)54-22-34(47)44-16-5-4-6-18-52-33-21-29-27(20-32(33)51-3)30(13-17-43-29)53-31-12-11-26(19-28(31)41)46-38(50)39(14-15-39)37(49)45-25-9-7-24(40)8-10-25/h7-13,17,19-21,23,35,48,54H,4-6,14-16,18,22,42H2,1-3H3,(H,44,47)(H,45,49)(H,46,50)/t35-/m0/s1. The van der Waals surface area contributed by atoms with E-state index in [2.05, 4.69) is 20.9 Å². The van der Waals surface area contributed by atoms with Gasteiger partial charge in [0.15, 0.2) is 23.1 Å². The molecule has 3 aromatic carbocycles. The Bertz CT molecular complexity index is 2010. The summed E-state index contributed by atoms with van der Waals surface area (Å²) in [7, 11) is 1.51. The summed E-state index contributed by atoms with van der Waals surface area (Å²) in [6.45, 7) is 4.73. The van der Waals surface area contributed by atoms with Crippen LogP contribution >= 0.6 is 11.4 Å². The first kappa shape index (κ1) is 40.1. The zero-order chi connectivity index (χ0) is 38.8. The number of fused-ring (bicyclic) bond motifs is 1. The van der Waals surface area contributed by atoms with Crippen LogP contribution in [0.5, 0.6) is 23.0 Å². The minimum Gasteiger partial charge on any atom is -0.493 e. The fourth-order valence-corrected chi connectivity index (χ4v) is 6.34. The summed E-state index contributed by atoms with van der Waals surface area (Å²) in [5.74, 6) is -1.06. The maximum atomic E-state index is 15.3. The molecular weight excluding hydrogens is 721 g/mol. The quantitative estimate of drug-likeness (QED) is 0.0287. The number of nitrogens with zero attached hydrogens (tertiary/aromatic N) is 1. The van der Waals surface area contributed by atoms with Crippen molar-refractivity contribution >= 4 is 56.4 Å². The molecule has 12 nitrogen and oxygen atoms in total. The minimum absolute atomic E-state index is 0.0915.